The number of hydrogen-bond acceptors (Lipinski definition) is 6. The Morgan fingerprint density at radius 1 is 1.10 bits per heavy atom. The number of methoxy groups -OCH3 is 1. The molecule has 1 atom stereocenters. The zero-order chi connectivity index (χ0) is 22.3. The molecule has 0 aliphatic carbocycles. The number of carbonyl (C=O) groups is 4. The van der Waals surface area contributed by atoms with E-state index in [0.29, 0.717) is 16.9 Å². The first-order valence-corrected chi connectivity index (χ1v) is 9.35. The van der Waals surface area contributed by atoms with Gasteiger partial charge in [-0.25, -0.2) is 9.59 Å². The summed E-state index contributed by atoms with van der Waals surface area (Å²) in [4.78, 5) is 51.1. The Hall–Kier alpha value is -3.62. The van der Waals surface area contributed by atoms with Gasteiger partial charge in [0, 0.05) is 17.9 Å². The first kappa shape index (κ1) is 22.7. The number of urea groups is 1. The van der Waals surface area contributed by atoms with Crippen molar-refractivity contribution in [3.05, 3.63) is 52.8 Å². The van der Waals surface area contributed by atoms with Crippen LogP contribution in [-0.4, -0.2) is 48.5 Å². The quantitative estimate of drug-likeness (QED) is 0.449. The monoisotopic (exact) mass is 415 g/mol. The summed E-state index contributed by atoms with van der Waals surface area (Å²) in [5.74, 6) is -1.65. The highest BCUT2D eigenvalue weighted by Gasteiger charge is 2.27. The third-order valence-corrected chi connectivity index (χ3v) is 4.40. The summed E-state index contributed by atoms with van der Waals surface area (Å²) in [6, 6.07) is 8.41. The van der Waals surface area contributed by atoms with E-state index >= 15 is 0 Å². The fourth-order valence-electron chi connectivity index (χ4n) is 2.89. The zero-order valence-electron chi connectivity index (χ0n) is 17.3. The van der Waals surface area contributed by atoms with Crippen LogP contribution in [0.1, 0.15) is 45.4 Å². The van der Waals surface area contributed by atoms with Crippen LogP contribution in [0.25, 0.3) is 0 Å². The van der Waals surface area contributed by atoms with Crippen molar-refractivity contribution in [1.29, 1.82) is 0 Å². The van der Waals surface area contributed by atoms with Crippen LogP contribution in [0.15, 0.2) is 30.3 Å². The van der Waals surface area contributed by atoms with Crippen molar-refractivity contribution in [3.8, 4) is 0 Å². The molecular weight excluding hydrogens is 390 g/mol. The molecule has 0 fully saturated rings. The van der Waals surface area contributed by atoms with Crippen LogP contribution in [0.4, 0.5) is 10.5 Å². The lowest BCUT2D eigenvalue weighted by molar-refractivity contribution is -0.146. The van der Waals surface area contributed by atoms with Gasteiger partial charge in [0.05, 0.1) is 24.8 Å². The molecule has 30 heavy (non-hydrogen) atoms. The van der Waals surface area contributed by atoms with E-state index < -0.39 is 29.9 Å². The fraction of sp³-hybridized carbons (Fsp3) is 0.333. The molecule has 0 radical (unpaired) electrons. The molecule has 0 unspecified atom stereocenters. The number of H-pyrrole nitrogens is 1. The van der Waals surface area contributed by atoms with Crippen LogP contribution in [0.2, 0.25) is 0 Å². The van der Waals surface area contributed by atoms with Gasteiger partial charge in [-0.3, -0.25) is 9.59 Å². The van der Waals surface area contributed by atoms with E-state index in [4.69, 9.17) is 9.47 Å². The summed E-state index contributed by atoms with van der Waals surface area (Å²) >= 11 is 0. The molecule has 1 aromatic carbocycles. The van der Waals surface area contributed by atoms with Gasteiger partial charge in [0.2, 0.25) is 5.78 Å². The number of para-hydroxylation sites is 1. The van der Waals surface area contributed by atoms with Gasteiger partial charge in [0.25, 0.3) is 0 Å². The molecule has 3 N–H and O–H groups in total. The average Bonchev–Trinajstić information content (AvgIpc) is 3.01. The molecular formula is C21H25N3O6. The number of amides is 2. The Kier molecular flexibility index (Phi) is 7.74. The van der Waals surface area contributed by atoms with Crippen molar-refractivity contribution in [1.82, 2.24) is 10.3 Å². The smallest absolute Gasteiger partial charge is 0.339 e. The molecule has 2 rings (SSSR count). The lowest BCUT2D eigenvalue weighted by Gasteiger charge is -2.13. The second kappa shape index (κ2) is 10.2. The number of nitrogens with one attached hydrogen (secondary N) is 3. The predicted octanol–water partition coefficient (Wildman–Crippen LogP) is 2.74. The maximum atomic E-state index is 12.6. The van der Waals surface area contributed by atoms with Gasteiger partial charge in [-0.1, -0.05) is 18.2 Å². The van der Waals surface area contributed by atoms with E-state index in [1.54, 1.807) is 38.1 Å². The number of esters is 2. The summed E-state index contributed by atoms with van der Waals surface area (Å²) in [5.41, 5.74) is 2.03. The van der Waals surface area contributed by atoms with E-state index in [0.717, 1.165) is 0 Å². The first-order valence-electron chi connectivity index (χ1n) is 9.35. The van der Waals surface area contributed by atoms with Crippen LogP contribution < -0.4 is 10.6 Å². The third-order valence-electron chi connectivity index (χ3n) is 4.40. The van der Waals surface area contributed by atoms with Gasteiger partial charge in [-0.2, -0.15) is 0 Å². The molecule has 2 aromatic rings. The van der Waals surface area contributed by atoms with Gasteiger partial charge in [0.1, 0.15) is 0 Å². The number of Topliss-reactive ketones (excluding diaryl/α,β-unsaturated/α-hetero) is 1. The topological polar surface area (TPSA) is 127 Å². The summed E-state index contributed by atoms with van der Waals surface area (Å²) in [6.07, 6.45) is -1.16. The zero-order valence-corrected chi connectivity index (χ0v) is 17.3. The van der Waals surface area contributed by atoms with Gasteiger partial charge >= 0.3 is 18.0 Å². The van der Waals surface area contributed by atoms with Crippen molar-refractivity contribution >= 4 is 29.4 Å². The molecule has 160 valence electrons. The maximum Gasteiger partial charge on any atom is 0.339 e. The maximum absolute atomic E-state index is 12.6. The summed E-state index contributed by atoms with van der Waals surface area (Å²) in [6.45, 7) is 4.76. The Morgan fingerprint density at radius 2 is 1.77 bits per heavy atom. The highest BCUT2D eigenvalue weighted by Crippen LogP contribution is 2.20. The molecule has 1 heterocycles. The second-order valence-electron chi connectivity index (χ2n) is 6.61. The van der Waals surface area contributed by atoms with Gasteiger partial charge < -0.3 is 25.1 Å². The lowest BCUT2D eigenvalue weighted by Crippen LogP contribution is -2.32. The standard InChI is InChI=1S/C21H25N3O6/c1-12-17(20(27)29-4)13(2)23-18(12)19(26)14(3)30-16(25)10-11-22-21(28)24-15-8-6-5-7-9-15/h5-9,14,23H,10-11H2,1-4H3,(H2,22,24,28)/t14-/m1/s1. The predicted molar refractivity (Wildman–Crippen MR) is 110 cm³/mol. The number of ketones is 1. The minimum absolute atomic E-state index is 0.0472. The van der Waals surface area contributed by atoms with E-state index in [2.05, 4.69) is 15.6 Å². The van der Waals surface area contributed by atoms with E-state index in [1.807, 2.05) is 6.07 Å². The van der Waals surface area contributed by atoms with Crippen LogP contribution >= 0.6 is 0 Å². The largest absolute Gasteiger partial charge is 0.465 e. The third kappa shape index (κ3) is 5.69. The minimum Gasteiger partial charge on any atom is -0.465 e. The number of aromatic amines is 1. The van der Waals surface area contributed by atoms with Crippen molar-refractivity contribution in [2.24, 2.45) is 0 Å². The Morgan fingerprint density at radius 3 is 2.40 bits per heavy atom. The van der Waals surface area contributed by atoms with Gasteiger partial charge in [-0.15, -0.1) is 0 Å². The highest BCUT2D eigenvalue weighted by atomic mass is 16.5. The normalized spacial score (nSPS) is 11.3. The van der Waals surface area contributed by atoms with Gasteiger partial charge in [-0.05, 0) is 38.5 Å². The number of anilines is 1. The van der Waals surface area contributed by atoms with Crippen molar-refractivity contribution < 1.29 is 28.7 Å². The van der Waals surface area contributed by atoms with E-state index in [1.165, 1.54) is 14.0 Å². The number of hydrogen-bond donors (Lipinski definition) is 3. The molecule has 0 aliphatic heterocycles. The number of aromatic nitrogens is 1. The second-order valence-corrected chi connectivity index (χ2v) is 6.61. The van der Waals surface area contributed by atoms with E-state index in [-0.39, 0.29) is 24.2 Å². The first-order chi connectivity index (χ1) is 14.2. The molecule has 0 spiro atoms. The number of carbonyl (C=O) groups excluding carboxylic acids is 4. The summed E-state index contributed by atoms with van der Waals surface area (Å²) in [5, 5.41) is 5.17. The van der Waals surface area contributed by atoms with Crippen LogP contribution in [-0.2, 0) is 14.3 Å². The number of ether oxygens (including phenoxy) is 2. The Labute approximate surface area is 174 Å². The molecule has 9 nitrogen and oxygen atoms in total. The molecule has 9 heteroatoms. The SMILES string of the molecule is COC(=O)c1c(C)[nH]c(C(=O)[C@@H](C)OC(=O)CCNC(=O)Nc2ccccc2)c1C. The van der Waals surface area contributed by atoms with Crippen molar-refractivity contribution in [3.63, 3.8) is 0 Å². The van der Waals surface area contributed by atoms with Crippen LogP contribution in [0.5, 0.6) is 0 Å². The molecule has 0 saturated heterocycles. The van der Waals surface area contributed by atoms with E-state index in [9.17, 15) is 19.2 Å². The number of benzene rings is 1. The summed E-state index contributed by atoms with van der Waals surface area (Å²) in [7, 11) is 1.26. The van der Waals surface area contributed by atoms with Gasteiger partial charge in [0.15, 0.2) is 6.10 Å². The Balaban J connectivity index is 1.85. The van der Waals surface area contributed by atoms with Crippen LogP contribution in [0.3, 0.4) is 0 Å². The summed E-state index contributed by atoms with van der Waals surface area (Å²) < 4.78 is 9.88. The number of aryl methyl sites for hydroxylation is 1. The Bertz CT molecular complexity index is 936. The highest BCUT2D eigenvalue weighted by molar-refractivity contribution is 6.04. The fourth-order valence-corrected chi connectivity index (χ4v) is 2.89. The number of rotatable bonds is 8. The van der Waals surface area contributed by atoms with Crippen molar-refractivity contribution in [2.45, 2.75) is 33.3 Å². The average molecular weight is 415 g/mol. The molecule has 0 saturated carbocycles. The lowest BCUT2D eigenvalue weighted by atomic mass is 10.1. The minimum atomic E-state index is -1.06. The molecule has 2 amide bonds. The van der Waals surface area contributed by atoms with Crippen molar-refractivity contribution in [2.75, 3.05) is 19.0 Å². The molecule has 1 aromatic heterocycles. The molecule has 0 bridgehead atoms. The molecule has 0 aliphatic rings. The van der Waals surface area contributed by atoms with Crippen LogP contribution in [0, 0.1) is 13.8 Å².